The predicted octanol–water partition coefficient (Wildman–Crippen LogP) is 5.54. The third-order valence-corrected chi connectivity index (χ3v) is 6.85. The molecule has 3 aromatic heterocycles. The first-order chi connectivity index (χ1) is 15.7. The Hall–Kier alpha value is -3.27. The van der Waals surface area contributed by atoms with Crippen molar-refractivity contribution in [1.82, 2.24) is 4.68 Å². The summed E-state index contributed by atoms with van der Waals surface area (Å²) in [4.78, 5) is 19.2. The van der Waals surface area contributed by atoms with Gasteiger partial charge in [0.05, 0.1) is 30.4 Å². The summed E-state index contributed by atoms with van der Waals surface area (Å²) in [5, 5.41) is 10.6. The minimum Gasteiger partial charge on any atom is -0.493 e. The Bertz CT molecular complexity index is 1300. The van der Waals surface area contributed by atoms with Crippen LogP contribution in [0.4, 0.5) is 0 Å². The van der Waals surface area contributed by atoms with E-state index in [9.17, 15) is 4.79 Å². The predicted molar refractivity (Wildman–Crippen MR) is 132 cm³/mol. The lowest BCUT2D eigenvalue weighted by molar-refractivity contribution is 0.0735. The number of hydrogen-bond donors (Lipinski definition) is 0. The molecule has 0 aliphatic heterocycles. The van der Waals surface area contributed by atoms with E-state index in [0.717, 1.165) is 20.9 Å². The number of methoxy groups -OCH3 is 1. The van der Waals surface area contributed by atoms with Crippen LogP contribution in [-0.4, -0.2) is 30.5 Å². The molecule has 0 spiro atoms. The van der Waals surface area contributed by atoms with Gasteiger partial charge < -0.3 is 9.47 Å². The van der Waals surface area contributed by atoms with Crippen molar-refractivity contribution in [1.29, 1.82) is 0 Å². The van der Waals surface area contributed by atoms with Crippen molar-refractivity contribution in [2.75, 3.05) is 13.7 Å². The zero-order chi connectivity index (χ0) is 22.3. The summed E-state index contributed by atoms with van der Waals surface area (Å²) < 4.78 is 12.7. The smallest absolute Gasteiger partial charge is 0.353 e. The Kier molecular flexibility index (Phi) is 7.10. The number of benzene rings is 1. The summed E-state index contributed by atoms with van der Waals surface area (Å²) in [6.07, 6.45) is 3.48. The van der Waals surface area contributed by atoms with E-state index < -0.39 is 5.97 Å². The monoisotopic (exact) mass is 481 g/mol. The maximum absolute atomic E-state index is 12.3. The average Bonchev–Trinajstić information content (AvgIpc) is 3.58. The summed E-state index contributed by atoms with van der Waals surface area (Å²) in [5.41, 5.74) is 1.76. The highest BCUT2D eigenvalue weighted by Crippen LogP contribution is 2.29. The molecule has 0 amide bonds. The van der Waals surface area contributed by atoms with Crippen LogP contribution in [0.5, 0.6) is 11.5 Å². The van der Waals surface area contributed by atoms with Gasteiger partial charge in [-0.3, -0.25) is 4.99 Å². The molecule has 4 aromatic rings. The molecular formula is C23H19N3O3S3. The lowest BCUT2D eigenvalue weighted by Crippen LogP contribution is -2.12. The maximum Gasteiger partial charge on any atom is 0.353 e. The summed E-state index contributed by atoms with van der Waals surface area (Å²) >= 11 is 4.50. The number of thiophene rings is 2. The van der Waals surface area contributed by atoms with Gasteiger partial charge in [-0.1, -0.05) is 18.2 Å². The quantitative estimate of drug-likeness (QED) is 0.144. The number of esters is 1. The Morgan fingerprint density at radius 2 is 1.97 bits per heavy atom. The number of nitrogens with zero attached hydrogens (tertiary/aromatic N) is 3. The SMILES string of the molecule is C=CCN=c1scc(-c2cccs2)n1N=Cc1ccc(OC(=O)c2cccs2)c(OC)c1. The maximum atomic E-state index is 12.3. The van der Waals surface area contributed by atoms with Crippen LogP contribution >= 0.6 is 34.0 Å². The summed E-state index contributed by atoms with van der Waals surface area (Å²) in [7, 11) is 1.54. The van der Waals surface area contributed by atoms with Gasteiger partial charge in [0.2, 0.25) is 4.80 Å². The van der Waals surface area contributed by atoms with Gasteiger partial charge >= 0.3 is 5.97 Å². The number of ether oxygens (including phenoxy) is 2. The number of aromatic nitrogens is 1. The number of thiazole rings is 1. The summed E-state index contributed by atoms with van der Waals surface area (Å²) in [6, 6.07) is 12.9. The van der Waals surface area contributed by atoms with Crippen molar-refractivity contribution in [3.05, 3.63) is 86.5 Å². The van der Waals surface area contributed by atoms with Gasteiger partial charge in [0.15, 0.2) is 11.5 Å². The Morgan fingerprint density at radius 3 is 2.69 bits per heavy atom. The fourth-order valence-corrected chi connectivity index (χ4v) is 5.01. The highest BCUT2D eigenvalue weighted by molar-refractivity contribution is 7.14. The van der Waals surface area contributed by atoms with Crippen LogP contribution in [0, 0.1) is 0 Å². The van der Waals surface area contributed by atoms with Gasteiger partial charge in [-0.25, -0.2) is 9.47 Å². The standard InChI is InChI=1S/C23H19N3O3S3/c1-3-10-24-23-26(17(15-32-23)20-6-4-11-30-20)25-14-16-8-9-18(19(13-16)28-2)29-22(27)21-7-5-12-31-21/h3-9,11-15H,1,10H2,2H3. The lowest BCUT2D eigenvalue weighted by Gasteiger charge is -2.09. The van der Waals surface area contributed by atoms with Crippen molar-refractivity contribution in [2.45, 2.75) is 0 Å². The first-order valence-electron chi connectivity index (χ1n) is 9.53. The number of carbonyl (C=O) groups excluding carboxylic acids is 1. The molecule has 9 heteroatoms. The second-order valence-corrected chi connectivity index (χ2v) is 9.08. The topological polar surface area (TPSA) is 65.2 Å². The molecule has 6 nitrogen and oxygen atoms in total. The van der Waals surface area contributed by atoms with Gasteiger partial charge in [-0.15, -0.1) is 40.6 Å². The third-order valence-electron chi connectivity index (χ3n) is 4.25. The zero-order valence-electron chi connectivity index (χ0n) is 17.1. The fourth-order valence-electron chi connectivity index (χ4n) is 2.77. The number of carbonyl (C=O) groups is 1. The molecule has 0 saturated heterocycles. The number of rotatable bonds is 8. The van der Waals surface area contributed by atoms with Gasteiger partial charge in [-0.2, -0.15) is 5.10 Å². The normalized spacial score (nSPS) is 11.7. The summed E-state index contributed by atoms with van der Waals surface area (Å²) in [5.74, 6) is 0.388. The van der Waals surface area contributed by atoms with Crippen molar-refractivity contribution in [2.24, 2.45) is 10.1 Å². The highest BCUT2D eigenvalue weighted by Gasteiger charge is 2.14. The molecule has 0 saturated carbocycles. The van der Waals surface area contributed by atoms with Crippen LogP contribution in [0.1, 0.15) is 15.2 Å². The lowest BCUT2D eigenvalue weighted by atomic mass is 10.2. The molecular weight excluding hydrogens is 462 g/mol. The first-order valence-corrected chi connectivity index (χ1v) is 12.2. The second kappa shape index (κ2) is 10.4. The minimum atomic E-state index is -0.414. The Labute approximate surface area is 197 Å². The minimum absolute atomic E-state index is 0.354. The van der Waals surface area contributed by atoms with Crippen LogP contribution in [0.25, 0.3) is 10.6 Å². The molecule has 162 valence electrons. The molecule has 0 radical (unpaired) electrons. The largest absolute Gasteiger partial charge is 0.493 e. The van der Waals surface area contributed by atoms with Crippen molar-refractivity contribution < 1.29 is 14.3 Å². The molecule has 0 N–H and O–H groups in total. The molecule has 0 aliphatic carbocycles. The van der Waals surface area contributed by atoms with E-state index in [1.165, 1.54) is 29.8 Å². The van der Waals surface area contributed by atoms with Crippen LogP contribution in [0.3, 0.4) is 0 Å². The highest BCUT2D eigenvalue weighted by atomic mass is 32.1. The molecule has 0 unspecified atom stereocenters. The van der Waals surface area contributed by atoms with Crippen molar-refractivity contribution in [3.8, 4) is 22.1 Å². The number of hydrogen-bond acceptors (Lipinski definition) is 8. The molecule has 1 aromatic carbocycles. The second-order valence-electron chi connectivity index (χ2n) is 6.34. The van der Waals surface area contributed by atoms with Crippen molar-refractivity contribution >= 4 is 46.2 Å². The van der Waals surface area contributed by atoms with Crippen LogP contribution < -0.4 is 14.3 Å². The van der Waals surface area contributed by atoms with E-state index in [4.69, 9.17) is 9.47 Å². The van der Waals surface area contributed by atoms with Gasteiger partial charge in [0.25, 0.3) is 0 Å². The Morgan fingerprint density at radius 1 is 1.12 bits per heavy atom. The van der Waals surface area contributed by atoms with Crippen LogP contribution in [0.15, 0.2) is 81.4 Å². The van der Waals surface area contributed by atoms with Crippen LogP contribution in [-0.2, 0) is 0 Å². The third kappa shape index (κ3) is 4.96. The molecule has 4 rings (SSSR count). The molecule has 32 heavy (non-hydrogen) atoms. The fraction of sp³-hybridized carbons (Fsp3) is 0.0870. The molecule has 0 aliphatic rings. The van der Waals surface area contributed by atoms with Gasteiger partial charge in [0, 0.05) is 5.38 Å². The summed E-state index contributed by atoms with van der Waals surface area (Å²) in [6.45, 7) is 4.25. The zero-order valence-corrected chi connectivity index (χ0v) is 19.6. The molecule has 3 heterocycles. The van der Waals surface area contributed by atoms with Crippen LogP contribution in [0.2, 0.25) is 0 Å². The van der Waals surface area contributed by atoms with E-state index in [1.807, 2.05) is 32.9 Å². The van der Waals surface area contributed by atoms with E-state index in [1.54, 1.807) is 47.9 Å². The van der Waals surface area contributed by atoms with Gasteiger partial charge in [-0.05, 0) is 46.7 Å². The van der Waals surface area contributed by atoms with E-state index >= 15 is 0 Å². The molecule has 0 fully saturated rings. The van der Waals surface area contributed by atoms with E-state index in [0.29, 0.717) is 22.9 Å². The molecule has 0 bridgehead atoms. The molecule has 0 atom stereocenters. The average molecular weight is 482 g/mol. The Balaban J connectivity index is 1.63. The van der Waals surface area contributed by atoms with E-state index in [-0.39, 0.29) is 0 Å². The van der Waals surface area contributed by atoms with E-state index in [2.05, 4.69) is 22.7 Å². The van der Waals surface area contributed by atoms with Gasteiger partial charge in [0.1, 0.15) is 4.88 Å². The first kappa shape index (κ1) is 21.9. The van der Waals surface area contributed by atoms with Crippen molar-refractivity contribution in [3.63, 3.8) is 0 Å².